The van der Waals surface area contributed by atoms with Crippen LogP contribution in [-0.4, -0.2) is 23.7 Å². The molecule has 1 aromatic rings. The summed E-state index contributed by atoms with van der Waals surface area (Å²) in [5.41, 5.74) is 2.38. The summed E-state index contributed by atoms with van der Waals surface area (Å²) < 4.78 is 0. The van der Waals surface area contributed by atoms with E-state index >= 15 is 0 Å². The molecule has 1 atom stereocenters. The molecular weight excluding hydrogens is 222 g/mol. The van der Waals surface area contributed by atoms with Gasteiger partial charge in [0.1, 0.15) is 0 Å². The molecule has 0 radical (unpaired) electrons. The molecule has 0 fully saturated rings. The second kappa shape index (κ2) is 5.90. The van der Waals surface area contributed by atoms with Crippen molar-refractivity contribution in [3.05, 3.63) is 35.4 Å². The van der Waals surface area contributed by atoms with Crippen LogP contribution < -0.4 is 0 Å². The Morgan fingerprint density at radius 3 is 2.44 bits per heavy atom. The van der Waals surface area contributed by atoms with Crippen molar-refractivity contribution in [2.45, 2.75) is 26.3 Å². The number of rotatable bonds is 4. The van der Waals surface area contributed by atoms with Crippen molar-refractivity contribution in [2.24, 2.45) is 0 Å². The van der Waals surface area contributed by atoms with E-state index in [1.165, 1.54) is 5.56 Å². The molecule has 1 rings (SSSR count). The Morgan fingerprint density at radius 2 is 1.94 bits per heavy atom. The SMILES string of the molecule is Cc1ccc(C(C)N(C)C(=O)CCCl)cc1. The Hall–Kier alpha value is -1.02. The van der Waals surface area contributed by atoms with Crippen LogP contribution in [0, 0.1) is 6.92 Å². The Kier molecular flexibility index (Phi) is 4.81. The molecule has 0 heterocycles. The minimum atomic E-state index is 0.0862. The molecule has 16 heavy (non-hydrogen) atoms. The molecule has 2 nitrogen and oxygen atoms in total. The molecule has 1 unspecified atom stereocenters. The van der Waals surface area contributed by atoms with Gasteiger partial charge in [0.05, 0.1) is 6.04 Å². The lowest BCUT2D eigenvalue weighted by atomic mass is 10.1. The van der Waals surface area contributed by atoms with Crippen LogP contribution in [0.25, 0.3) is 0 Å². The number of benzene rings is 1. The van der Waals surface area contributed by atoms with Crippen LogP contribution in [0.4, 0.5) is 0 Å². The van der Waals surface area contributed by atoms with Crippen molar-refractivity contribution in [3.8, 4) is 0 Å². The number of carbonyl (C=O) groups excluding carboxylic acids is 1. The fourth-order valence-corrected chi connectivity index (χ4v) is 1.70. The van der Waals surface area contributed by atoms with Gasteiger partial charge in [-0.25, -0.2) is 0 Å². The summed E-state index contributed by atoms with van der Waals surface area (Å²) >= 11 is 5.56. The van der Waals surface area contributed by atoms with Gasteiger partial charge in [-0.15, -0.1) is 11.6 Å². The molecule has 0 spiro atoms. The van der Waals surface area contributed by atoms with Gasteiger partial charge in [-0.3, -0.25) is 4.79 Å². The average molecular weight is 240 g/mol. The third kappa shape index (κ3) is 3.24. The van der Waals surface area contributed by atoms with Crippen molar-refractivity contribution < 1.29 is 4.79 Å². The lowest BCUT2D eigenvalue weighted by Crippen LogP contribution is -2.29. The summed E-state index contributed by atoms with van der Waals surface area (Å²) in [4.78, 5) is 13.4. The number of alkyl halides is 1. The fraction of sp³-hybridized carbons (Fsp3) is 0.462. The summed E-state index contributed by atoms with van der Waals surface area (Å²) in [5, 5.41) is 0. The van der Waals surface area contributed by atoms with Gasteiger partial charge in [-0.1, -0.05) is 29.8 Å². The zero-order chi connectivity index (χ0) is 12.1. The molecule has 0 aromatic heterocycles. The first-order valence-electron chi connectivity index (χ1n) is 5.44. The summed E-state index contributed by atoms with van der Waals surface area (Å²) in [7, 11) is 1.82. The molecule has 0 saturated heterocycles. The molecule has 0 N–H and O–H groups in total. The van der Waals surface area contributed by atoms with Crippen LogP contribution in [-0.2, 0) is 4.79 Å². The van der Waals surface area contributed by atoms with Gasteiger partial charge >= 0.3 is 0 Å². The van der Waals surface area contributed by atoms with Crippen LogP contribution in [0.3, 0.4) is 0 Å². The third-order valence-electron chi connectivity index (χ3n) is 2.84. The molecule has 0 aliphatic rings. The standard InChI is InChI=1S/C13H18ClNO/c1-10-4-6-12(7-5-10)11(2)15(3)13(16)8-9-14/h4-7,11H,8-9H2,1-3H3. The third-order valence-corrected chi connectivity index (χ3v) is 3.03. The van der Waals surface area contributed by atoms with Gasteiger partial charge < -0.3 is 4.90 Å². The number of carbonyl (C=O) groups is 1. The van der Waals surface area contributed by atoms with E-state index in [2.05, 4.69) is 31.2 Å². The highest BCUT2D eigenvalue weighted by Crippen LogP contribution is 2.19. The fourth-order valence-electron chi connectivity index (χ4n) is 1.54. The van der Waals surface area contributed by atoms with Crippen molar-refractivity contribution >= 4 is 17.5 Å². The van der Waals surface area contributed by atoms with E-state index in [0.717, 1.165) is 5.56 Å². The first-order chi connectivity index (χ1) is 7.56. The lowest BCUT2D eigenvalue weighted by Gasteiger charge is -2.25. The minimum Gasteiger partial charge on any atom is -0.339 e. The highest BCUT2D eigenvalue weighted by Gasteiger charge is 2.16. The van der Waals surface area contributed by atoms with Crippen LogP contribution in [0.1, 0.15) is 30.5 Å². The number of hydrogen-bond acceptors (Lipinski definition) is 1. The minimum absolute atomic E-state index is 0.0862. The Morgan fingerprint density at radius 1 is 1.38 bits per heavy atom. The Balaban J connectivity index is 2.73. The van der Waals surface area contributed by atoms with E-state index in [0.29, 0.717) is 12.3 Å². The van der Waals surface area contributed by atoms with E-state index in [-0.39, 0.29) is 11.9 Å². The highest BCUT2D eigenvalue weighted by molar-refractivity contribution is 6.18. The molecule has 3 heteroatoms. The van der Waals surface area contributed by atoms with E-state index < -0.39 is 0 Å². The summed E-state index contributed by atoms with van der Waals surface area (Å²) in [6.07, 6.45) is 0.397. The van der Waals surface area contributed by atoms with E-state index in [1.54, 1.807) is 4.90 Å². The van der Waals surface area contributed by atoms with Gasteiger partial charge in [0, 0.05) is 19.3 Å². The Bertz CT molecular complexity index is 347. The maximum atomic E-state index is 11.7. The first-order valence-corrected chi connectivity index (χ1v) is 5.98. The van der Waals surface area contributed by atoms with E-state index in [9.17, 15) is 4.79 Å². The molecule has 0 aliphatic carbocycles. The number of aryl methyl sites for hydroxylation is 1. The number of halogens is 1. The molecule has 0 aliphatic heterocycles. The van der Waals surface area contributed by atoms with Crippen LogP contribution in [0.15, 0.2) is 24.3 Å². The predicted octanol–water partition coefficient (Wildman–Crippen LogP) is 3.14. The van der Waals surface area contributed by atoms with Crippen molar-refractivity contribution in [3.63, 3.8) is 0 Å². The monoisotopic (exact) mass is 239 g/mol. The zero-order valence-electron chi connectivity index (χ0n) is 10.0. The summed E-state index contributed by atoms with van der Waals surface area (Å²) in [6.45, 7) is 4.08. The lowest BCUT2D eigenvalue weighted by molar-refractivity contribution is -0.131. The molecule has 88 valence electrons. The van der Waals surface area contributed by atoms with Crippen LogP contribution in [0.5, 0.6) is 0 Å². The molecular formula is C13H18ClNO. The summed E-state index contributed by atoms with van der Waals surface area (Å²) in [6, 6.07) is 8.34. The van der Waals surface area contributed by atoms with Crippen molar-refractivity contribution in [1.82, 2.24) is 4.90 Å². The molecule has 0 bridgehead atoms. The van der Waals surface area contributed by atoms with Crippen molar-refractivity contribution in [2.75, 3.05) is 12.9 Å². The normalized spacial score (nSPS) is 12.2. The maximum Gasteiger partial charge on any atom is 0.224 e. The second-order valence-corrected chi connectivity index (χ2v) is 4.41. The maximum absolute atomic E-state index is 11.7. The number of amides is 1. The first kappa shape index (κ1) is 13.0. The topological polar surface area (TPSA) is 20.3 Å². The van der Waals surface area contributed by atoms with Gasteiger partial charge in [0.25, 0.3) is 0 Å². The van der Waals surface area contributed by atoms with Gasteiger partial charge in [0.15, 0.2) is 0 Å². The second-order valence-electron chi connectivity index (χ2n) is 4.03. The molecule has 1 amide bonds. The zero-order valence-corrected chi connectivity index (χ0v) is 10.8. The smallest absolute Gasteiger partial charge is 0.224 e. The van der Waals surface area contributed by atoms with E-state index in [4.69, 9.17) is 11.6 Å². The summed E-state index contributed by atoms with van der Waals surface area (Å²) in [5.74, 6) is 0.465. The van der Waals surface area contributed by atoms with Crippen LogP contribution >= 0.6 is 11.6 Å². The highest BCUT2D eigenvalue weighted by atomic mass is 35.5. The van der Waals surface area contributed by atoms with Crippen molar-refractivity contribution in [1.29, 1.82) is 0 Å². The van der Waals surface area contributed by atoms with E-state index in [1.807, 2.05) is 14.0 Å². The number of hydrogen-bond donors (Lipinski definition) is 0. The van der Waals surface area contributed by atoms with Gasteiger partial charge in [0.2, 0.25) is 5.91 Å². The average Bonchev–Trinajstić information content (AvgIpc) is 2.28. The Labute approximate surface area is 102 Å². The van der Waals surface area contributed by atoms with Gasteiger partial charge in [-0.2, -0.15) is 0 Å². The largest absolute Gasteiger partial charge is 0.339 e. The molecule has 0 saturated carbocycles. The van der Waals surface area contributed by atoms with Gasteiger partial charge in [-0.05, 0) is 19.4 Å². The number of nitrogens with zero attached hydrogens (tertiary/aromatic N) is 1. The van der Waals surface area contributed by atoms with Crippen LogP contribution in [0.2, 0.25) is 0 Å². The quantitative estimate of drug-likeness (QED) is 0.740. The predicted molar refractivity (Wildman–Crippen MR) is 67.7 cm³/mol. The molecule has 1 aromatic carbocycles.